The van der Waals surface area contributed by atoms with Crippen LogP contribution in [0.5, 0.6) is 0 Å². The first kappa shape index (κ1) is 12.9. The van der Waals surface area contributed by atoms with Gasteiger partial charge in [-0.2, -0.15) is 11.8 Å². The molecule has 1 heterocycles. The highest BCUT2D eigenvalue weighted by Gasteiger charge is 2.17. The molecule has 0 spiro atoms. The molecule has 0 saturated carbocycles. The topological polar surface area (TPSA) is 29.1 Å². The summed E-state index contributed by atoms with van der Waals surface area (Å²) >= 11 is 5.14. The molecule has 1 atom stereocenters. The second kappa shape index (κ2) is 5.87. The van der Waals surface area contributed by atoms with Gasteiger partial charge in [0.05, 0.1) is 5.56 Å². The molecule has 1 aromatic rings. The smallest absolute Gasteiger partial charge is 0.252 e. The molecule has 0 aromatic heterocycles. The second-order valence-corrected chi connectivity index (χ2v) is 6.23. The van der Waals surface area contributed by atoms with Crippen molar-refractivity contribution in [3.8, 4) is 0 Å². The fourth-order valence-corrected chi connectivity index (χ4v) is 3.41. The molecule has 5 heteroatoms. The van der Waals surface area contributed by atoms with Gasteiger partial charge in [-0.15, -0.1) is 0 Å². The van der Waals surface area contributed by atoms with E-state index in [2.05, 4.69) is 21.2 Å². The lowest BCUT2D eigenvalue weighted by atomic mass is 10.2. The lowest BCUT2D eigenvalue weighted by molar-refractivity contribution is 0.0952. The Hall–Kier alpha value is -0.550. The lowest BCUT2D eigenvalue weighted by Crippen LogP contribution is -2.30. The molecule has 92 valence electrons. The first-order chi connectivity index (χ1) is 8.16. The van der Waals surface area contributed by atoms with Gasteiger partial charge in [-0.3, -0.25) is 4.79 Å². The summed E-state index contributed by atoms with van der Waals surface area (Å²) in [6, 6.07) is 4.13. The Morgan fingerprint density at radius 1 is 1.59 bits per heavy atom. The lowest BCUT2D eigenvalue weighted by Gasteiger charge is -2.11. The minimum absolute atomic E-state index is 0.219. The number of nitrogens with one attached hydrogen (secondary N) is 1. The van der Waals surface area contributed by atoms with Gasteiger partial charge in [-0.05, 0) is 52.7 Å². The number of benzene rings is 1. The predicted octanol–water partition coefficient (Wildman–Crippen LogP) is 3.21. The van der Waals surface area contributed by atoms with E-state index in [-0.39, 0.29) is 5.91 Å². The highest BCUT2D eigenvalue weighted by molar-refractivity contribution is 9.10. The van der Waals surface area contributed by atoms with Gasteiger partial charge in [0.2, 0.25) is 0 Å². The van der Waals surface area contributed by atoms with Crippen LogP contribution in [0.25, 0.3) is 0 Å². The maximum absolute atomic E-state index is 13.0. The monoisotopic (exact) mass is 317 g/mol. The summed E-state index contributed by atoms with van der Waals surface area (Å²) in [6.07, 6.45) is 2.37. The third-order valence-electron chi connectivity index (χ3n) is 2.69. The Kier molecular flexibility index (Phi) is 4.45. The standard InChI is InChI=1S/C12H13BrFNOS/c13-11-4-3-8(14)6-10(11)12(16)15-7-9-2-1-5-17-9/h3-4,6,9H,1-2,5,7H2,(H,15,16). The van der Waals surface area contributed by atoms with Gasteiger partial charge in [0, 0.05) is 16.3 Å². The average molecular weight is 318 g/mol. The Labute approximate surface area is 112 Å². The molecule has 1 aliphatic heterocycles. The summed E-state index contributed by atoms with van der Waals surface area (Å²) in [5.41, 5.74) is 0.355. The first-order valence-corrected chi connectivity index (χ1v) is 7.36. The molecular weight excluding hydrogens is 305 g/mol. The van der Waals surface area contributed by atoms with Crippen LogP contribution in [0.4, 0.5) is 4.39 Å². The number of thioether (sulfide) groups is 1. The van der Waals surface area contributed by atoms with E-state index in [0.717, 1.165) is 6.42 Å². The summed E-state index contributed by atoms with van der Waals surface area (Å²) in [5, 5.41) is 3.36. The maximum Gasteiger partial charge on any atom is 0.252 e. The molecule has 1 amide bonds. The zero-order valence-electron chi connectivity index (χ0n) is 9.21. The van der Waals surface area contributed by atoms with Crippen molar-refractivity contribution in [2.24, 2.45) is 0 Å². The minimum Gasteiger partial charge on any atom is -0.351 e. The number of halogens is 2. The van der Waals surface area contributed by atoms with Gasteiger partial charge >= 0.3 is 0 Å². The Morgan fingerprint density at radius 3 is 3.12 bits per heavy atom. The largest absolute Gasteiger partial charge is 0.351 e. The number of rotatable bonds is 3. The van der Waals surface area contributed by atoms with Crippen LogP contribution in [0.15, 0.2) is 22.7 Å². The van der Waals surface area contributed by atoms with Crippen molar-refractivity contribution in [2.75, 3.05) is 12.3 Å². The molecule has 0 bridgehead atoms. The molecule has 1 fully saturated rings. The molecule has 1 aliphatic rings. The molecule has 2 rings (SSSR count). The molecule has 1 aromatic carbocycles. The quantitative estimate of drug-likeness (QED) is 0.927. The summed E-state index contributed by atoms with van der Waals surface area (Å²) in [5.74, 6) is 0.557. The maximum atomic E-state index is 13.0. The minimum atomic E-state index is -0.395. The third kappa shape index (κ3) is 3.45. The van der Waals surface area contributed by atoms with Crippen LogP contribution in [0.2, 0.25) is 0 Å². The number of hydrogen-bond acceptors (Lipinski definition) is 2. The van der Waals surface area contributed by atoms with Crippen LogP contribution in [0, 0.1) is 5.82 Å². The van der Waals surface area contributed by atoms with E-state index >= 15 is 0 Å². The van der Waals surface area contributed by atoms with Crippen molar-refractivity contribution in [1.82, 2.24) is 5.32 Å². The van der Waals surface area contributed by atoms with E-state index in [1.165, 1.54) is 24.3 Å². The van der Waals surface area contributed by atoms with Gasteiger partial charge in [0.15, 0.2) is 0 Å². The number of hydrogen-bond donors (Lipinski definition) is 1. The molecule has 1 unspecified atom stereocenters. The first-order valence-electron chi connectivity index (χ1n) is 5.51. The number of carbonyl (C=O) groups is 1. The Bertz CT molecular complexity index is 421. The highest BCUT2D eigenvalue weighted by atomic mass is 79.9. The SMILES string of the molecule is O=C(NCC1CCCS1)c1cc(F)ccc1Br. The Balaban J connectivity index is 1.96. The van der Waals surface area contributed by atoms with Gasteiger partial charge in [0.1, 0.15) is 5.82 Å². The van der Waals surface area contributed by atoms with E-state index in [9.17, 15) is 9.18 Å². The second-order valence-electron chi connectivity index (χ2n) is 3.97. The van der Waals surface area contributed by atoms with Crippen molar-refractivity contribution in [2.45, 2.75) is 18.1 Å². The van der Waals surface area contributed by atoms with Crippen LogP contribution in [-0.4, -0.2) is 23.5 Å². The molecule has 1 N–H and O–H groups in total. The van der Waals surface area contributed by atoms with Gasteiger partial charge in [0.25, 0.3) is 5.91 Å². The van der Waals surface area contributed by atoms with Crippen LogP contribution >= 0.6 is 27.7 Å². The average Bonchev–Trinajstić information content (AvgIpc) is 2.82. The predicted molar refractivity (Wildman–Crippen MR) is 71.9 cm³/mol. The third-order valence-corrected chi connectivity index (χ3v) is 4.78. The van der Waals surface area contributed by atoms with Crippen molar-refractivity contribution in [3.63, 3.8) is 0 Å². The van der Waals surface area contributed by atoms with Gasteiger partial charge in [-0.25, -0.2) is 4.39 Å². The molecule has 1 saturated heterocycles. The van der Waals surface area contributed by atoms with Crippen molar-refractivity contribution in [1.29, 1.82) is 0 Å². The molecule has 0 radical (unpaired) electrons. The van der Waals surface area contributed by atoms with Gasteiger partial charge in [-0.1, -0.05) is 0 Å². The molecule has 0 aliphatic carbocycles. The molecular formula is C12H13BrFNOS. The van der Waals surface area contributed by atoms with E-state index in [1.807, 2.05) is 11.8 Å². The van der Waals surface area contributed by atoms with Crippen molar-refractivity contribution < 1.29 is 9.18 Å². The highest BCUT2D eigenvalue weighted by Crippen LogP contribution is 2.25. The van der Waals surface area contributed by atoms with Crippen molar-refractivity contribution >= 4 is 33.6 Å². The number of carbonyl (C=O) groups excluding carboxylic acids is 1. The fraction of sp³-hybridized carbons (Fsp3) is 0.417. The normalized spacial score (nSPS) is 19.3. The van der Waals surface area contributed by atoms with Crippen LogP contribution in [-0.2, 0) is 0 Å². The van der Waals surface area contributed by atoms with Gasteiger partial charge < -0.3 is 5.32 Å². The summed E-state index contributed by atoms with van der Waals surface area (Å²) in [6.45, 7) is 0.659. The summed E-state index contributed by atoms with van der Waals surface area (Å²) < 4.78 is 13.7. The van der Waals surface area contributed by atoms with E-state index in [4.69, 9.17) is 0 Å². The summed E-state index contributed by atoms with van der Waals surface area (Å²) in [7, 11) is 0. The van der Waals surface area contributed by atoms with E-state index in [0.29, 0.717) is 21.8 Å². The van der Waals surface area contributed by atoms with Crippen LogP contribution in [0.1, 0.15) is 23.2 Å². The van der Waals surface area contributed by atoms with Crippen molar-refractivity contribution in [3.05, 3.63) is 34.1 Å². The molecule has 2 nitrogen and oxygen atoms in total. The summed E-state index contributed by atoms with van der Waals surface area (Å²) in [4.78, 5) is 11.9. The fourth-order valence-electron chi connectivity index (χ4n) is 1.78. The zero-order valence-corrected chi connectivity index (χ0v) is 11.6. The molecule has 17 heavy (non-hydrogen) atoms. The van der Waals surface area contributed by atoms with E-state index in [1.54, 1.807) is 6.07 Å². The van der Waals surface area contributed by atoms with Crippen LogP contribution < -0.4 is 5.32 Å². The van der Waals surface area contributed by atoms with Crippen LogP contribution in [0.3, 0.4) is 0 Å². The van der Waals surface area contributed by atoms with E-state index < -0.39 is 5.82 Å². The Morgan fingerprint density at radius 2 is 2.41 bits per heavy atom. The zero-order chi connectivity index (χ0) is 12.3. The number of amides is 1.